The Morgan fingerprint density at radius 1 is 1.25 bits per heavy atom. The minimum atomic E-state index is 0.0432. The molecule has 1 N–H and O–H groups in total. The summed E-state index contributed by atoms with van der Waals surface area (Å²) in [7, 11) is 0. The van der Waals surface area contributed by atoms with Crippen molar-refractivity contribution in [3.63, 3.8) is 0 Å². The first-order chi connectivity index (χ1) is 9.41. The standard InChI is InChI=1S/C15H22N4S/c1-6-16-9-12-13(15(3,4)5)19-14(20-12)11-7-8-17-10(2)18-11/h7-8,16H,6,9H2,1-5H3. The van der Waals surface area contributed by atoms with Crippen LogP contribution in [-0.4, -0.2) is 21.5 Å². The van der Waals surface area contributed by atoms with E-state index in [9.17, 15) is 0 Å². The van der Waals surface area contributed by atoms with Gasteiger partial charge in [0.2, 0.25) is 0 Å². The van der Waals surface area contributed by atoms with E-state index in [4.69, 9.17) is 4.98 Å². The maximum atomic E-state index is 4.83. The summed E-state index contributed by atoms with van der Waals surface area (Å²) < 4.78 is 0. The Morgan fingerprint density at radius 2 is 2.00 bits per heavy atom. The molecule has 4 nitrogen and oxygen atoms in total. The fourth-order valence-corrected chi connectivity index (χ4v) is 3.19. The van der Waals surface area contributed by atoms with Crippen molar-refractivity contribution in [2.45, 2.75) is 46.6 Å². The number of nitrogens with zero attached hydrogens (tertiary/aromatic N) is 3. The fraction of sp³-hybridized carbons (Fsp3) is 0.533. The molecular formula is C15H22N4S. The first-order valence-corrected chi connectivity index (χ1v) is 7.74. The van der Waals surface area contributed by atoms with E-state index in [0.29, 0.717) is 0 Å². The van der Waals surface area contributed by atoms with E-state index in [1.54, 1.807) is 17.5 Å². The number of hydrogen-bond acceptors (Lipinski definition) is 5. The Hall–Kier alpha value is -1.33. The van der Waals surface area contributed by atoms with Gasteiger partial charge in [-0.1, -0.05) is 27.7 Å². The van der Waals surface area contributed by atoms with Crippen LogP contribution < -0.4 is 5.32 Å². The van der Waals surface area contributed by atoms with Gasteiger partial charge >= 0.3 is 0 Å². The smallest absolute Gasteiger partial charge is 0.142 e. The van der Waals surface area contributed by atoms with E-state index < -0.39 is 0 Å². The van der Waals surface area contributed by atoms with Crippen molar-refractivity contribution >= 4 is 11.3 Å². The van der Waals surface area contributed by atoms with Gasteiger partial charge in [0, 0.05) is 23.0 Å². The third-order valence-corrected chi connectivity index (χ3v) is 4.02. The second-order valence-corrected chi connectivity index (χ2v) is 6.89. The van der Waals surface area contributed by atoms with Crippen LogP contribution >= 0.6 is 11.3 Å². The maximum Gasteiger partial charge on any atom is 0.142 e. The second-order valence-electron chi connectivity index (χ2n) is 5.81. The molecule has 0 aliphatic heterocycles. The summed E-state index contributed by atoms with van der Waals surface area (Å²) in [4.78, 5) is 14.8. The normalized spacial score (nSPS) is 11.8. The van der Waals surface area contributed by atoms with Crippen LogP contribution in [0.2, 0.25) is 0 Å². The van der Waals surface area contributed by atoms with Crippen molar-refractivity contribution in [3.8, 4) is 10.7 Å². The minimum absolute atomic E-state index is 0.0432. The van der Waals surface area contributed by atoms with Gasteiger partial charge in [0.15, 0.2) is 0 Å². The number of nitrogens with one attached hydrogen (secondary N) is 1. The zero-order valence-electron chi connectivity index (χ0n) is 12.8. The van der Waals surface area contributed by atoms with Gasteiger partial charge in [-0.05, 0) is 19.5 Å². The van der Waals surface area contributed by atoms with Crippen LogP contribution in [0.3, 0.4) is 0 Å². The van der Waals surface area contributed by atoms with Gasteiger partial charge in [-0.3, -0.25) is 0 Å². The summed E-state index contributed by atoms with van der Waals surface area (Å²) >= 11 is 1.72. The molecule has 0 aliphatic carbocycles. The number of rotatable bonds is 4. The number of aryl methyl sites for hydroxylation is 1. The van der Waals surface area contributed by atoms with E-state index >= 15 is 0 Å². The first kappa shape index (κ1) is 15.1. The largest absolute Gasteiger partial charge is 0.312 e. The minimum Gasteiger partial charge on any atom is -0.312 e. The average molecular weight is 290 g/mol. The fourth-order valence-electron chi connectivity index (χ4n) is 1.98. The molecule has 0 unspecified atom stereocenters. The van der Waals surface area contributed by atoms with E-state index in [1.807, 2.05) is 13.0 Å². The first-order valence-electron chi connectivity index (χ1n) is 6.92. The molecular weight excluding hydrogens is 268 g/mol. The quantitative estimate of drug-likeness (QED) is 0.938. The molecule has 0 fully saturated rings. The van der Waals surface area contributed by atoms with Crippen molar-refractivity contribution in [1.29, 1.82) is 0 Å². The predicted octanol–water partition coefficient (Wildman–Crippen LogP) is 3.32. The van der Waals surface area contributed by atoms with Gasteiger partial charge < -0.3 is 5.32 Å². The van der Waals surface area contributed by atoms with Gasteiger partial charge in [0.25, 0.3) is 0 Å². The summed E-state index contributed by atoms with van der Waals surface area (Å²) in [6.07, 6.45) is 1.79. The van der Waals surface area contributed by atoms with Crippen LogP contribution in [0.5, 0.6) is 0 Å². The van der Waals surface area contributed by atoms with Crippen LogP contribution in [0.4, 0.5) is 0 Å². The monoisotopic (exact) mass is 290 g/mol. The van der Waals surface area contributed by atoms with Gasteiger partial charge in [-0.2, -0.15) is 0 Å². The van der Waals surface area contributed by atoms with Gasteiger partial charge in [-0.25, -0.2) is 15.0 Å². The molecule has 2 aromatic rings. The molecule has 0 amide bonds. The lowest BCUT2D eigenvalue weighted by Gasteiger charge is -2.17. The molecule has 0 radical (unpaired) electrons. The van der Waals surface area contributed by atoms with Gasteiger partial charge in [-0.15, -0.1) is 11.3 Å². The molecule has 2 rings (SSSR count). The van der Waals surface area contributed by atoms with Crippen LogP contribution in [-0.2, 0) is 12.0 Å². The van der Waals surface area contributed by atoms with Gasteiger partial charge in [0.05, 0.1) is 5.69 Å². The molecule has 2 heterocycles. The van der Waals surface area contributed by atoms with Crippen LogP contribution in [0, 0.1) is 6.92 Å². The molecule has 0 saturated heterocycles. The van der Waals surface area contributed by atoms with Crippen molar-refractivity contribution in [3.05, 3.63) is 28.7 Å². The Kier molecular flexibility index (Phi) is 4.50. The second kappa shape index (κ2) is 5.97. The lowest BCUT2D eigenvalue weighted by Crippen LogP contribution is -2.18. The van der Waals surface area contributed by atoms with E-state index in [1.165, 1.54) is 4.88 Å². The Morgan fingerprint density at radius 3 is 2.60 bits per heavy atom. The predicted molar refractivity (Wildman–Crippen MR) is 84.0 cm³/mol. The van der Waals surface area contributed by atoms with E-state index in [2.05, 4.69) is 43.0 Å². The molecule has 0 aromatic carbocycles. The lowest BCUT2D eigenvalue weighted by molar-refractivity contribution is 0.561. The van der Waals surface area contributed by atoms with E-state index in [-0.39, 0.29) is 5.41 Å². The number of hydrogen-bond donors (Lipinski definition) is 1. The zero-order chi connectivity index (χ0) is 14.8. The number of aromatic nitrogens is 3. The van der Waals surface area contributed by atoms with Crippen LogP contribution in [0.1, 0.15) is 44.1 Å². The van der Waals surface area contributed by atoms with Crippen LogP contribution in [0.15, 0.2) is 12.3 Å². The zero-order valence-corrected chi connectivity index (χ0v) is 13.6. The maximum absolute atomic E-state index is 4.83. The molecule has 0 atom stereocenters. The number of thiazole rings is 1. The highest BCUT2D eigenvalue weighted by atomic mass is 32.1. The summed E-state index contributed by atoms with van der Waals surface area (Å²) in [6, 6.07) is 1.93. The highest BCUT2D eigenvalue weighted by Crippen LogP contribution is 2.33. The Balaban J connectivity index is 2.43. The molecule has 0 spiro atoms. The highest BCUT2D eigenvalue weighted by Gasteiger charge is 2.23. The average Bonchev–Trinajstić information content (AvgIpc) is 2.80. The van der Waals surface area contributed by atoms with Crippen LogP contribution in [0.25, 0.3) is 10.7 Å². The SMILES string of the molecule is CCNCc1sc(-c2ccnc(C)n2)nc1C(C)(C)C. The molecule has 0 bridgehead atoms. The molecule has 5 heteroatoms. The van der Waals surface area contributed by atoms with E-state index in [0.717, 1.165) is 35.3 Å². The Bertz CT molecular complexity index is 584. The highest BCUT2D eigenvalue weighted by molar-refractivity contribution is 7.15. The summed E-state index contributed by atoms with van der Waals surface area (Å²) in [5.74, 6) is 0.781. The summed E-state index contributed by atoms with van der Waals surface area (Å²) in [6.45, 7) is 12.5. The van der Waals surface area contributed by atoms with Crippen molar-refractivity contribution in [2.24, 2.45) is 0 Å². The molecule has 2 aromatic heterocycles. The molecule has 20 heavy (non-hydrogen) atoms. The molecule has 108 valence electrons. The third-order valence-electron chi connectivity index (χ3n) is 2.94. The topological polar surface area (TPSA) is 50.7 Å². The molecule has 0 aliphatic rings. The van der Waals surface area contributed by atoms with Gasteiger partial charge in [0.1, 0.15) is 16.5 Å². The molecule has 0 saturated carbocycles. The Labute approximate surface area is 124 Å². The van der Waals surface area contributed by atoms with Crippen molar-refractivity contribution < 1.29 is 0 Å². The van der Waals surface area contributed by atoms with Crippen molar-refractivity contribution in [2.75, 3.05) is 6.54 Å². The lowest BCUT2D eigenvalue weighted by atomic mass is 9.91. The summed E-state index contributed by atoms with van der Waals surface area (Å²) in [5, 5.41) is 4.37. The van der Waals surface area contributed by atoms with Crippen molar-refractivity contribution in [1.82, 2.24) is 20.3 Å². The summed E-state index contributed by atoms with van der Waals surface area (Å²) in [5.41, 5.74) is 2.12. The third kappa shape index (κ3) is 3.41.